The predicted molar refractivity (Wildman–Crippen MR) is 411 cm³/mol. The fourth-order valence-corrected chi connectivity index (χ4v) is 20.7. The second-order valence-corrected chi connectivity index (χ2v) is 38.2. The summed E-state index contributed by atoms with van der Waals surface area (Å²) in [5, 5.41) is 11.8. The number of aromatic nitrogens is 16. The normalized spacial score (nSPS) is 32.9. The fraction of sp³-hybridized carbons (Fsp3) is 0.629. The third-order valence-electron chi connectivity index (χ3n) is 21.2. The molecule has 638 valence electrons. The smallest absolute Gasteiger partial charge is 0.387 e. The standard InChI is InChI=1S/C62H84N20O28P4S3/c1-9-30-31(14-34(102-30)80-22-71-36-50(65)67-20-69-52(36)80)107-114(91,117)99-19-61-27(4)100-43(41(105-61)35-26(3)49(64)77-59(85)76-35)46(61)109-111(87,88)98-18-62-28(5)101-45(58(106-62)81-23-72-37-51(66)68-21-70-53(37)81)47(62)110-113(90,116)97-17-33-40(44(95-13-11-93-8)57(104-33)82-24-73-38-54(82)74-29(6)75-55(38)84)108-112(89,115)96-16-32-39(83)42(94-12-10-92-7)56(103-32)79-15-25(2)48(63)78-60(79)86/h15,20-24,27-28,30-34,39-47,56-58,83H,9-14,16-19H2,1-8H3,(H,87,88)(H,89,115)(H,90,116)(H,91,117)(H2,63,78,86)(H2,65,67,69)(H2,66,68,70)(H,74,75,84)(H3,64,76,77,85)/t27-,28-,30+,31+,32+,33+,34+,39-,40-,41-,42?,43?,44?,45?,46+,47+,56+,57+,58+,61-,62-,112?,113?,114?/m0/s1. The Hall–Kier alpha value is -6.37. The second kappa shape index (κ2) is 33.5. The van der Waals surface area contributed by atoms with Gasteiger partial charge >= 0.3 is 39.4 Å². The average molecular weight is 1780 g/mol. The van der Waals surface area contributed by atoms with Gasteiger partial charge in [0, 0.05) is 38.0 Å². The first-order valence-electron chi connectivity index (χ1n) is 36.2. The van der Waals surface area contributed by atoms with Crippen molar-refractivity contribution in [1.29, 1.82) is 0 Å². The Morgan fingerprint density at radius 2 is 1.15 bits per heavy atom. The van der Waals surface area contributed by atoms with E-state index in [4.69, 9.17) is 147 Å². The molecule has 0 amide bonds. The van der Waals surface area contributed by atoms with Gasteiger partial charge in [0.2, 0.25) is 0 Å². The van der Waals surface area contributed by atoms with Gasteiger partial charge in [0.05, 0.1) is 102 Å². The van der Waals surface area contributed by atoms with Gasteiger partial charge in [0.15, 0.2) is 52.8 Å². The summed E-state index contributed by atoms with van der Waals surface area (Å²) in [6, 6.07) is 0. The minimum absolute atomic E-state index is 0.00190. The Labute approximate surface area is 676 Å². The van der Waals surface area contributed by atoms with Gasteiger partial charge in [-0.1, -0.05) is 6.92 Å². The van der Waals surface area contributed by atoms with E-state index < -0.39 is 199 Å². The molecule has 0 saturated carbocycles. The van der Waals surface area contributed by atoms with Crippen LogP contribution in [0.2, 0.25) is 0 Å². The Bertz CT molecular complexity index is 5450. The molecule has 15 rings (SSSR count). The number of nitrogen functional groups attached to an aromatic ring is 4. The number of aryl methyl sites for hydroxylation is 2. The minimum atomic E-state index is -5.62. The molecule has 0 aromatic carbocycles. The first-order chi connectivity index (χ1) is 55.6. The molecule has 25 atom stereocenters. The molecule has 15 heterocycles. The summed E-state index contributed by atoms with van der Waals surface area (Å²) in [4.78, 5) is 136. The lowest BCUT2D eigenvalue weighted by atomic mass is 9.94. The molecule has 0 aliphatic carbocycles. The van der Waals surface area contributed by atoms with E-state index in [0.29, 0.717) is 23.1 Å². The van der Waals surface area contributed by atoms with Crippen LogP contribution in [0.4, 0.5) is 23.3 Å². The van der Waals surface area contributed by atoms with Crippen molar-refractivity contribution in [2.45, 2.75) is 182 Å². The lowest BCUT2D eigenvalue weighted by Crippen LogP contribution is -2.51. The Morgan fingerprint density at radius 1 is 0.581 bits per heavy atom. The quantitative estimate of drug-likeness (QED) is 0.0187. The zero-order chi connectivity index (χ0) is 83.3. The van der Waals surface area contributed by atoms with E-state index in [-0.39, 0.29) is 95.5 Å². The number of ether oxygens (including phenoxy) is 11. The van der Waals surface area contributed by atoms with Crippen LogP contribution in [-0.4, -0.2) is 266 Å². The molecule has 8 aromatic rings. The van der Waals surface area contributed by atoms with Crippen LogP contribution in [0.1, 0.15) is 87.3 Å². The maximum Gasteiger partial charge on any atom is 0.472 e. The fourth-order valence-electron chi connectivity index (χ4n) is 15.4. The SMILES string of the molecule is CC[C@H]1O[C@@H](n2cnc3c(N)ncnc32)C[C@H]1OP(O)(=S)OC[C@]12O[C@@H](c3[nH]c(=O)nc(N)c3C)C(O[C@H]1C)[C@H]2OP(=O)(O)OC[C@]12O[C@@H](n3cnc4c(N)ncnc43)C(O[C@H]1C)[C@H]2OP(O)(=S)OC[C@H]1O[C@@H](n2cnc3c(=O)[nH]c(C)nc32)C(OCCOC)[C@H]1OP(O)(=S)OC[C@H]1O[C@@H](n2cc(C)c(N)nc2=O)C(OCCOC)[C@H]1O. The van der Waals surface area contributed by atoms with Crippen molar-refractivity contribution >= 4 is 120 Å². The lowest BCUT2D eigenvalue weighted by Gasteiger charge is -2.38. The summed E-state index contributed by atoms with van der Waals surface area (Å²) in [6.45, 7) is -7.88. The summed E-state index contributed by atoms with van der Waals surface area (Å²) in [5.41, 5.74) is 19.5. The zero-order valence-electron chi connectivity index (χ0n) is 63.2. The number of methoxy groups -OCH3 is 2. The molecule has 15 N–H and O–H groups in total. The van der Waals surface area contributed by atoms with Gasteiger partial charge in [-0.25, -0.2) is 54.0 Å². The van der Waals surface area contributed by atoms with Crippen molar-refractivity contribution in [2.24, 2.45) is 0 Å². The summed E-state index contributed by atoms with van der Waals surface area (Å²) < 4.78 is 139. The van der Waals surface area contributed by atoms with Crippen molar-refractivity contribution < 1.29 is 118 Å². The number of imidazole rings is 3. The van der Waals surface area contributed by atoms with Gasteiger partial charge in [-0.3, -0.25) is 41.2 Å². The molecule has 7 saturated heterocycles. The number of fused-ring (bicyclic) bond motifs is 7. The average Bonchev–Trinajstić information content (AvgIpc) is 1.55. The highest BCUT2D eigenvalue weighted by Gasteiger charge is 2.71. The van der Waals surface area contributed by atoms with Crippen molar-refractivity contribution in [3.8, 4) is 0 Å². The number of nitrogens with two attached hydrogens (primary N) is 4. The molecule has 0 spiro atoms. The van der Waals surface area contributed by atoms with Gasteiger partial charge in [-0.05, 0) is 76.5 Å². The number of anilines is 4. The molecule has 55 heteroatoms. The number of aliphatic hydroxyl groups is 1. The van der Waals surface area contributed by atoms with Gasteiger partial charge in [-0.15, -0.1) is 0 Å². The molecular weight excluding hydrogens is 1690 g/mol. The number of hydrogen-bond acceptors (Lipinski definition) is 41. The summed E-state index contributed by atoms with van der Waals surface area (Å²) in [7, 11) is -2.78. The van der Waals surface area contributed by atoms with Crippen molar-refractivity contribution in [2.75, 3.05) is 90.0 Å². The van der Waals surface area contributed by atoms with E-state index in [1.807, 2.05) is 6.92 Å². The molecule has 117 heavy (non-hydrogen) atoms. The number of hydrogen-bond donors (Lipinski definition) is 11. The van der Waals surface area contributed by atoms with E-state index in [1.165, 1.54) is 88.9 Å². The van der Waals surface area contributed by atoms with Crippen LogP contribution in [0.25, 0.3) is 33.5 Å². The van der Waals surface area contributed by atoms with E-state index in [0.717, 1.165) is 4.57 Å². The van der Waals surface area contributed by atoms with Gasteiger partial charge in [-0.2, -0.15) is 9.97 Å². The number of nitrogens with one attached hydrogen (secondary N) is 2. The topological polar surface area (TPSA) is 629 Å². The van der Waals surface area contributed by atoms with E-state index in [1.54, 1.807) is 11.5 Å². The van der Waals surface area contributed by atoms with Gasteiger partial charge in [0.1, 0.15) is 126 Å². The maximum absolute atomic E-state index is 15.3. The molecule has 8 unspecified atom stereocenters. The van der Waals surface area contributed by atoms with Gasteiger partial charge < -0.3 is 128 Å². The minimum Gasteiger partial charge on any atom is -0.387 e. The molecular formula is C62H84N20O28P4S3. The molecule has 7 fully saturated rings. The van der Waals surface area contributed by atoms with E-state index in [9.17, 15) is 39.1 Å². The number of aromatic amines is 2. The highest BCUT2D eigenvalue weighted by molar-refractivity contribution is 8.07. The lowest BCUT2D eigenvalue weighted by molar-refractivity contribution is -0.215. The second-order valence-electron chi connectivity index (χ2n) is 28.4. The number of nitrogens with zero attached hydrogens (tertiary/aromatic N) is 14. The van der Waals surface area contributed by atoms with Crippen LogP contribution in [-0.2, 0) is 128 Å². The highest BCUT2D eigenvalue weighted by atomic mass is 32.5. The monoisotopic (exact) mass is 1780 g/mol. The maximum atomic E-state index is 15.3. The largest absolute Gasteiger partial charge is 0.472 e. The van der Waals surface area contributed by atoms with Crippen LogP contribution < -0.4 is 39.9 Å². The molecule has 7 aliphatic rings. The third-order valence-corrected chi connectivity index (χ3v) is 26.8. The summed E-state index contributed by atoms with van der Waals surface area (Å²) >= 11 is 17.3. The third kappa shape index (κ3) is 16.6. The van der Waals surface area contributed by atoms with Crippen LogP contribution in [0.3, 0.4) is 0 Å². The van der Waals surface area contributed by atoms with Crippen LogP contribution >= 0.6 is 28.0 Å². The number of phosphoric ester groups is 1. The van der Waals surface area contributed by atoms with Crippen molar-refractivity contribution in [3.05, 3.63) is 91.8 Å². The Kier molecular flexibility index (Phi) is 24.5. The first kappa shape index (κ1) is 85.6. The first-order valence-corrected chi connectivity index (χ1v) is 45.5. The molecule has 4 bridgehead atoms. The van der Waals surface area contributed by atoms with Gasteiger partial charge in [0.25, 0.3) is 5.56 Å². The number of aliphatic hydroxyl groups excluding tert-OH is 1. The molecule has 0 radical (unpaired) electrons. The Balaban J connectivity index is 0.707. The summed E-state index contributed by atoms with van der Waals surface area (Å²) in [6.07, 6.45) is -16.6. The predicted octanol–water partition coefficient (Wildman–Crippen LogP) is 0.0206. The number of rotatable bonds is 34. The molecule has 7 aliphatic heterocycles. The summed E-state index contributed by atoms with van der Waals surface area (Å²) in [5.74, 6) is 0.0649. The van der Waals surface area contributed by atoms with E-state index >= 15 is 4.57 Å². The highest BCUT2D eigenvalue weighted by Crippen LogP contribution is 2.63. The number of phosphoric acid groups is 1. The van der Waals surface area contributed by atoms with Crippen LogP contribution in [0.15, 0.2) is 52.2 Å². The van der Waals surface area contributed by atoms with E-state index in [2.05, 4.69) is 59.8 Å². The van der Waals surface area contributed by atoms with Crippen LogP contribution in [0, 0.1) is 20.8 Å². The van der Waals surface area contributed by atoms with Crippen molar-refractivity contribution in [1.82, 2.24) is 78.1 Å². The zero-order valence-corrected chi connectivity index (χ0v) is 69.2. The molecule has 48 nitrogen and oxygen atoms in total. The molecule has 8 aromatic heterocycles. The Morgan fingerprint density at radius 3 is 1.83 bits per heavy atom. The number of H-pyrrole nitrogens is 2. The van der Waals surface area contributed by atoms with Crippen LogP contribution in [0.5, 0.6) is 0 Å². The van der Waals surface area contributed by atoms with Crippen molar-refractivity contribution in [3.63, 3.8) is 0 Å².